The molecule has 0 aliphatic heterocycles. The number of amides is 1. The van der Waals surface area contributed by atoms with Crippen molar-refractivity contribution in [2.24, 2.45) is 0 Å². The van der Waals surface area contributed by atoms with Crippen LogP contribution >= 0.6 is 11.6 Å². The lowest BCUT2D eigenvalue weighted by atomic mass is 10.1. The predicted octanol–water partition coefficient (Wildman–Crippen LogP) is 3.99. The topological polar surface area (TPSA) is 72.7 Å². The summed E-state index contributed by atoms with van der Waals surface area (Å²) in [6.45, 7) is 1.46. The Morgan fingerprint density at radius 3 is 2.72 bits per heavy atom. The highest BCUT2D eigenvalue weighted by Gasteiger charge is 2.20. The zero-order chi connectivity index (χ0) is 18.6. The van der Waals surface area contributed by atoms with Crippen molar-refractivity contribution in [1.82, 2.24) is 4.90 Å². The Balaban J connectivity index is 2.03. The van der Waals surface area contributed by atoms with Crippen LogP contribution in [0.5, 0.6) is 5.75 Å². The van der Waals surface area contributed by atoms with Gasteiger partial charge in [0.25, 0.3) is 11.6 Å². The molecule has 6 nitrogen and oxygen atoms in total. The molecule has 132 valence electrons. The van der Waals surface area contributed by atoms with E-state index in [0.717, 1.165) is 6.07 Å². The number of nitrogens with zero attached hydrogens (tertiary/aromatic N) is 2. The maximum absolute atomic E-state index is 13.0. The Labute approximate surface area is 148 Å². The summed E-state index contributed by atoms with van der Waals surface area (Å²) < 4.78 is 18.3. The Bertz CT molecular complexity index is 800. The average Bonchev–Trinajstić information content (AvgIpc) is 2.59. The molecule has 1 amide bonds. The Morgan fingerprint density at radius 2 is 2.08 bits per heavy atom. The van der Waals surface area contributed by atoms with Gasteiger partial charge in [0, 0.05) is 19.2 Å². The first-order valence-corrected chi connectivity index (χ1v) is 7.75. The minimum absolute atomic E-state index is 0.0421. The van der Waals surface area contributed by atoms with E-state index in [1.165, 1.54) is 29.2 Å². The van der Waals surface area contributed by atoms with Crippen molar-refractivity contribution in [3.8, 4) is 5.75 Å². The molecule has 0 radical (unpaired) electrons. The number of non-ortho nitro benzene ring substituents is 1. The van der Waals surface area contributed by atoms with Gasteiger partial charge in [0.2, 0.25) is 0 Å². The van der Waals surface area contributed by atoms with Gasteiger partial charge in [0.1, 0.15) is 11.6 Å². The third-order valence-electron chi connectivity index (χ3n) is 3.78. The lowest BCUT2D eigenvalue weighted by Gasteiger charge is -2.25. The molecular weight excluding hydrogens is 351 g/mol. The molecule has 2 aromatic rings. The van der Waals surface area contributed by atoms with Gasteiger partial charge in [0.15, 0.2) is 6.61 Å². The van der Waals surface area contributed by atoms with E-state index in [9.17, 15) is 19.3 Å². The molecule has 0 spiro atoms. The fourth-order valence-electron chi connectivity index (χ4n) is 2.17. The number of hydrogen-bond donors (Lipinski definition) is 0. The van der Waals surface area contributed by atoms with E-state index >= 15 is 0 Å². The fraction of sp³-hybridized carbons (Fsp3) is 0.235. The highest BCUT2D eigenvalue weighted by Crippen LogP contribution is 2.26. The van der Waals surface area contributed by atoms with Crippen LogP contribution in [-0.2, 0) is 4.79 Å². The Hall–Kier alpha value is -2.67. The molecule has 0 aliphatic rings. The number of nitro benzene ring substituents is 1. The van der Waals surface area contributed by atoms with Gasteiger partial charge in [-0.2, -0.15) is 0 Å². The molecule has 2 aromatic carbocycles. The largest absolute Gasteiger partial charge is 0.482 e. The summed E-state index contributed by atoms with van der Waals surface area (Å²) in [4.78, 5) is 24.1. The zero-order valence-electron chi connectivity index (χ0n) is 13.6. The summed E-state index contributed by atoms with van der Waals surface area (Å²) >= 11 is 5.84. The van der Waals surface area contributed by atoms with E-state index in [0.29, 0.717) is 5.56 Å². The zero-order valence-corrected chi connectivity index (χ0v) is 14.4. The molecule has 0 bridgehead atoms. The van der Waals surface area contributed by atoms with Crippen molar-refractivity contribution in [2.45, 2.75) is 13.0 Å². The van der Waals surface area contributed by atoms with Crippen LogP contribution in [0.3, 0.4) is 0 Å². The fourth-order valence-corrected chi connectivity index (χ4v) is 2.39. The van der Waals surface area contributed by atoms with Gasteiger partial charge in [-0.25, -0.2) is 4.39 Å². The van der Waals surface area contributed by atoms with Crippen LogP contribution in [0.2, 0.25) is 5.02 Å². The van der Waals surface area contributed by atoms with Crippen LogP contribution in [0.1, 0.15) is 18.5 Å². The number of nitro groups is 1. The van der Waals surface area contributed by atoms with Crippen molar-refractivity contribution in [3.63, 3.8) is 0 Å². The van der Waals surface area contributed by atoms with Gasteiger partial charge < -0.3 is 9.64 Å². The summed E-state index contributed by atoms with van der Waals surface area (Å²) in [7, 11) is 1.57. The summed E-state index contributed by atoms with van der Waals surface area (Å²) in [6, 6.07) is 9.31. The maximum Gasteiger partial charge on any atom is 0.269 e. The highest BCUT2D eigenvalue weighted by molar-refractivity contribution is 6.32. The van der Waals surface area contributed by atoms with Crippen molar-refractivity contribution in [1.29, 1.82) is 0 Å². The first-order chi connectivity index (χ1) is 11.8. The standard InChI is InChI=1S/C17H16ClFN2O4/c1-11(12-4-3-5-14(8-12)21(23)24)20(2)17(22)10-25-16-7-6-13(19)9-15(16)18/h3-9,11H,10H2,1-2H3/t11-/m1/s1. The van der Waals surface area contributed by atoms with Gasteiger partial charge >= 0.3 is 0 Å². The first kappa shape index (κ1) is 18.7. The molecular formula is C17H16ClFN2O4. The minimum atomic E-state index is -0.500. The molecule has 0 heterocycles. The molecule has 25 heavy (non-hydrogen) atoms. The molecule has 0 aromatic heterocycles. The molecule has 0 aliphatic carbocycles. The van der Waals surface area contributed by atoms with E-state index in [1.807, 2.05) is 0 Å². The Kier molecular flexibility index (Phi) is 5.93. The second kappa shape index (κ2) is 7.94. The third kappa shape index (κ3) is 4.67. The van der Waals surface area contributed by atoms with E-state index in [1.54, 1.807) is 26.1 Å². The molecule has 2 rings (SSSR count). The highest BCUT2D eigenvalue weighted by atomic mass is 35.5. The number of carbonyl (C=O) groups is 1. The summed E-state index contributed by atoms with van der Waals surface area (Å²) in [6.07, 6.45) is 0. The van der Waals surface area contributed by atoms with Gasteiger partial charge in [-0.1, -0.05) is 23.7 Å². The number of likely N-dealkylation sites (N-methyl/N-ethyl adjacent to an activating group) is 1. The molecule has 0 saturated carbocycles. The van der Waals surface area contributed by atoms with E-state index < -0.39 is 10.7 Å². The lowest BCUT2D eigenvalue weighted by Crippen LogP contribution is -2.33. The summed E-state index contributed by atoms with van der Waals surface area (Å²) in [5.41, 5.74) is 0.587. The minimum Gasteiger partial charge on any atom is -0.482 e. The molecule has 0 fully saturated rings. The van der Waals surface area contributed by atoms with E-state index in [-0.39, 0.29) is 35.0 Å². The molecule has 0 N–H and O–H groups in total. The smallest absolute Gasteiger partial charge is 0.269 e. The number of halogens is 2. The quantitative estimate of drug-likeness (QED) is 0.572. The van der Waals surface area contributed by atoms with E-state index in [2.05, 4.69) is 0 Å². The van der Waals surface area contributed by atoms with Gasteiger partial charge in [-0.15, -0.1) is 0 Å². The predicted molar refractivity (Wildman–Crippen MR) is 91.2 cm³/mol. The second-order valence-corrected chi connectivity index (χ2v) is 5.80. The molecule has 1 atom stereocenters. The number of rotatable bonds is 6. The number of hydrogen-bond acceptors (Lipinski definition) is 4. The molecule has 8 heteroatoms. The first-order valence-electron chi connectivity index (χ1n) is 7.37. The maximum atomic E-state index is 13.0. The van der Waals surface area contributed by atoms with Crippen molar-refractivity contribution >= 4 is 23.2 Å². The van der Waals surface area contributed by atoms with Crippen LogP contribution in [0.4, 0.5) is 10.1 Å². The molecule has 0 saturated heterocycles. The van der Waals surface area contributed by atoms with Crippen LogP contribution in [-0.4, -0.2) is 29.4 Å². The average molecular weight is 367 g/mol. The van der Waals surface area contributed by atoms with Gasteiger partial charge in [-0.05, 0) is 30.7 Å². The van der Waals surface area contributed by atoms with E-state index in [4.69, 9.17) is 16.3 Å². The second-order valence-electron chi connectivity index (χ2n) is 5.40. The lowest BCUT2D eigenvalue weighted by molar-refractivity contribution is -0.384. The molecule has 0 unspecified atom stereocenters. The number of ether oxygens (including phenoxy) is 1. The van der Waals surface area contributed by atoms with Crippen LogP contribution in [0.15, 0.2) is 42.5 Å². The summed E-state index contributed by atoms with van der Waals surface area (Å²) in [5, 5.41) is 10.9. The number of benzene rings is 2. The summed E-state index contributed by atoms with van der Waals surface area (Å²) in [5.74, 6) is -0.646. The van der Waals surface area contributed by atoms with Crippen molar-refractivity contribution < 1.29 is 18.8 Å². The number of carbonyl (C=O) groups excluding carboxylic acids is 1. The monoisotopic (exact) mass is 366 g/mol. The van der Waals surface area contributed by atoms with Gasteiger partial charge in [-0.3, -0.25) is 14.9 Å². The van der Waals surface area contributed by atoms with Crippen molar-refractivity contribution in [3.05, 3.63) is 69.0 Å². The van der Waals surface area contributed by atoms with Crippen LogP contribution < -0.4 is 4.74 Å². The van der Waals surface area contributed by atoms with Gasteiger partial charge in [0.05, 0.1) is 16.0 Å². The third-order valence-corrected chi connectivity index (χ3v) is 4.08. The SMILES string of the molecule is C[C@H](c1cccc([N+](=O)[O-])c1)N(C)C(=O)COc1ccc(F)cc1Cl. The normalized spacial score (nSPS) is 11.7. The van der Waals surface area contributed by atoms with Crippen LogP contribution in [0, 0.1) is 15.9 Å². The van der Waals surface area contributed by atoms with Crippen molar-refractivity contribution in [2.75, 3.05) is 13.7 Å². The Morgan fingerprint density at radius 1 is 1.36 bits per heavy atom. The van der Waals surface area contributed by atoms with Crippen LogP contribution in [0.25, 0.3) is 0 Å².